The summed E-state index contributed by atoms with van der Waals surface area (Å²) in [5.74, 6) is 0.142. The van der Waals surface area contributed by atoms with E-state index >= 15 is 0 Å². The number of nitrogens with zero attached hydrogens (tertiary/aromatic N) is 1. The average Bonchev–Trinajstić information content (AvgIpc) is 3.18. The molecule has 1 aliphatic rings. The highest BCUT2D eigenvalue weighted by molar-refractivity contribution is 9.10. The molecule has 3 heterocycles. The lowest BCUT2D eigenvalue weighted by Gasteiger charge is -2.31. The molecule has 1 fully saturated rings. The third-order valence-electron chi connectivity index (χ3n) is 3.74. The minimum absolute atomic E-state index is 0.0789. The van der Waals surface area contributed by atoms with Gasteiger partial charge in [-0.25, -0.2) is 0 Å². The first-order valence-electron chi connectivity index (χ1n) is 7.11. The second-order valence-corrected chi connectivity index (χ2v) is 6.16. The number of hydrogen-bond acceptors (Lipinski definition) is 3. The van der Waals surface area contributed by atoms with Gasteiger partial charge in [-0.2, -0.15) is 0 Å². The highest BCUT2D eigenvalue weighted by atomic mass is 79.9. The van der Waals surface area contributed by atoms with E-state index in [-0.39, 0.29) is 17.9 Å². The van der Waals surface area contributed by atoms with Crippen LogP contribution in [0.3, 0.4) is 0 Å². The summed E-state index contributed by atoms with van der Waals surface area (Å²) in [5, 5.41) is 2.99. The molecular formula is C15H16BrN3O3. The van der Waals surface area contributed by atoms with Gasteiger partial charge in [0.2, 0.25) is 0 Å². The monoisotopic (exact) mass is 365 g/mol. The fourth-order valence-corrected chi connectivity index (χ4v) is 2.89. The summed E-state index contributed by atoms with van der Waals surface area (Å²) < 4.78 is 5.97. The molecule has 0 radical (unpaired) electrons. The van der Waals surface area contributed by atoms with Gasteiger partial charge < -0.3 is 19.6 Å². The van der Waals surface area contributed by atoms with Crippen molar-refractivity contribution in [3.8, 4) is 0 Å². The summed E-state index contributed by atoms with van der Waals surface area (Å²) in [6, 6.07) is 5.19. The number of halogens is 1. The summed E-state index contributed by atoms with van der Waals surface area (Å²) in [4.78, 5) is 28.9. The van der Waals surface area contributed by atoms with Crippen LogP contribution in [0, 0.1) is 0 Å². The lowest BCUT2D eigenvalue weighted by atomic mass is 10.0. The molecule has 0 aromatic carbocycles. The first-order chi connectivity index (χ1) is 10.6. The molecule has 2 aromatic rings. The van der Waals surface area contributed by atoms with E-state index in [4.69, 9.17) is 4.42 Å². The number of aromatic amines is 1. The number of amides is 2. The lowest BCUT2D eigenvalue weighted by molar-refractivity contribution is 0.0667. The molecule has 0 atom stereocenters. The second-order valence-electron chi connectivity index (χ2n) is 5.25. The van der Waals surface area contributed by atoms with Gasteiger partial charge in [0.15, 0.2) is 5.76 Å². The molecule has 116 valence electrons. The van der Waals surface area contributed by atoms with Crippen molar-refractivity contribution in [2.45, 2.75) is 18.9 Å². The fraction of sp³-hybridized carbons (Fsp3) is 0.333. The van der Waals surface area contributed by atoms with E-state index in [0.29, 0.717) is 24.5 Å². The molecule has 0 saturated carbocycles. The highest BCUT2D eigenvalue weighted by Crippen LogP contribution is 2.16. The Morgan fingerprint density at radius 3 is 2.73 bits per heavy atom. The predicted molar refractivity (Wildman–Crippen MR) is 83.6 cm³/mol. The number of H-pyrrole nitrogens is 1. The zero-order valence-corrected chi connectivity index (χ0v) is 13.4. The number of carbonyl (C=O) groups is 2. The van der Waals surface area contributed by atoms with Gasteiger partial charge in [0.25, 0.3) is 11.8 Å². The van der Waals surface area contributed by atoms with Crippen LogP contribution < -0.4 is 5.32 Å². The number of likely N-dealkylation sites (tertiary alicyclic amines) is 1. The van der Waals surface area contributed by atoms with Crippen LogP contribution in [0.25, 0.3) is 0 Å². The van der Waals surface area contributed by atoms with Gasteiger partial charge in [0, 0.05) is 29.8 Å². The average molecular weight is 366 g/mol. The SMILES string of the molecule is O=C(NC1CCN(C(=O)c2ccco2)CC1)c1cc(Br)c[nH]1. The Labute approximate surface area is 136 Å². The lowest BCUT2D eigenvalue weighted by Crippen LogP contribution is -2.46. The number of nitrogens with one attached hydrogen (secondary N) is 2. The number of furan rings is 1. The first kappa shape index (κ1) is 14.9. The largest absolute Gasteiger partial charge is 0.459 e. The predicted octanol–water partition coefficient (Wildman–Crippen LogP) is 2.40. The number of hydrogen-bond donors (Lipinski definition) is 2. The van der Waals surface area contributed by atoms with Crippen molar-refractivity contribution in [3.05, 3.63) is 46.6 Å². The normalized spacial score (nSPS) is 15.8. The summed E-state index contributed by atoms with van der Waals surface area (Å²) in [5.41, 5.74) is 0.529. The molecule has 22 heavy (non-hydrogen) atoms. The molecule has 0 spiro atoms. The molecule has 7 heteroatoms. The summed E-state index contributed by atoms with van der Waals surface area (Å²) >= 11 is 3.30. The van der Waals surface area contributed by atoms with Crippen molar-refractivity contribution < 1.29 is 14.0 Å². The fourth-order valence-electron chi connectivity index (χ4n) is 2.55. The molecule has 0 aliphatic carbocycles. The highest BCUT2D eigenvalue weighted by Gasteiger charge is 2.26. The van der Waals surface area contributed by atoms with Crippen LogP contribution in [0.5, 0.6) is 0 Å². The number of carbonyl (C=O) groups excluding carboxylic acids is 2. The second kappa shape index (κ2) is 6.39. The van der Waals surface area contributed by atoms with Crippen LogP contribution >= 0.6 is 15.9 Å². The maximum atomic E-state index is 12.1. The van der Waals surface area contributed by atoms with Gasteiger partial charge in [-0.3, -0.25) is 9.59 Å². The number of rotatable bonds is 3. The third kappa shape index (κ3) is 3.24. The van der Waals surface area contributed by atoms with Crippen LogP contribution in [0.1, 0.15) is 33.9 Å². The molecular weight excluding hydrogens is 350 g/mol. The Hall–Kier alpha value is -2.02. The smallest absolute Gasteiger partial charge is 0.289 e. The minimum Gasteiger partial charge on any atom is -0.459 e. The molecule has 2 aromatic heterocycles. The van der Waals surface area contributed by atoms with Gasteiger partial charge in [0.05, 0.1) is 6.26 Å². The number of piperidine rings is 1. The van der Waals surface area contributed by atoms with E-state index in [1.165, 1.54) is 6.26 Å². The Morgan fingerprint density at radius 2 is 2.14 bits per heavy atom. The van der Waals surface area contributed by atoms with Crippen molar-refractivity contribution in [2.75, 3.05) is 13.1 Å². The quantitative estimate of drug-likeness (QED) is 0.876. The van der Waals surface area contributed by atoms with Gasteiger partial charge in [-0.15, -0.1) is 0 Å². The van der Waals surface area contributed by atoms with E-state index in [2.05, 4.69) is 26.2 Å². The van der Waals surface area contributed by atoms with Crippen LogP contribution in [-0.2, 0) is 0 Å². The Morgan fingerprint density at radius 1 is 1.36 bits per heavy atom. The zero-order valence-electron chi connectivity index (χ0n) is 11.8. The first-order valence-corrected chi connectivity index (χ1v) is 7.90. The van der Waals surface area contributed by atoms with Crippen molar-refractivity contribution in [2.24, 2.45) is 0 Å². The van der Waals surface area contributed by atoms with Gasteiger partial charge in [-0.05, 0) is 47.0 Å². The van der Waals surface area contributed by atoms with E-state index in [9.17, 15) is 9.59 Å². The Kier molecular flexibility index (Phi) is 4.33. The third-order valence-corrected chi connectivity index (χ3v) is 4.20. The summed E-state index contributed by atoms with van der Waals surface area (Å²) in [6.07, 6.45) is 4.69. The van der Waals surface area contributed by atoms with Gasteiger partial charge in [0.1, 0.15) is 5.69 Å². The van der Waals surface area contributed by atoms with E-state index in [1.807, 2.05) is 0 Å². The zero-order chi connectivity index (χ0) is 15.5. The van der Waals surface area contributed by atoms with Crippen LogP contribution in [0.2, 0.25) is 0 Å². The molecule has 2 amide bonds. The van der Waals surface area contributed by atoms with Gasteiger partial charge in [-0.1, -0.05) is 0 Å². The van der Waals surface area contributed by atoms with Crippen molar-refractivity contribution in [1.82, 2.24) is 15.2 Å². The maximum absolute atomic E-state index is 12.1. The molecule has 6 nitrogen and oxygen atoms in total. The molecule has 0 unspecified atom stereocenters. The van der Waals surface area contributed by atoms with Crippen LogP contribution in [-0.4, -0.2) is 40.8 Å². The topological polar surface area (TPSA) is 78.3 Å². The molecule has 1 saturated heterocycles. The Bertz CT molecular complexity index is 657. The van der Waals surface area contributed by atoms with Crippen molar-refractivity contribution >= 4 is 27.7 Å². The summed E-state index contributed by atoms with van der Waals surface area (Å²) in [6.45, 7) is 1.22. The number of aromatic nitrogens is 1. The summed E-state index contributed by atoms with van der Waals surface area (Å²) in [7, 11) is 0. The van der Waals surface area contributed by atoms with Gasteiger partial charge >= 0.3 is 0 Å². The van der Waals surface area contributed by atoms with E-state index in [1.54, 1.807) is 29.3 Å². The molecule has 2 N–H and O–H groups in total. The maximum Gasteiger partial charge on any atom is 0.289 e. The van der Waals surface area contributed by atoms with Crippen LogP contribution in [0.4, 0.5) is 0 Å². The van der Waals surface area contributed by atoms with Crippen molar-refractivity contribution in [1.29, 1.82) is 0 Å². The standard InChI is InChI=1S/C15H16BrN3O3/c16-10-8-12(17-9-10)14(20)18-11-3-5-19(6-4-11)15(21)13-2-1-7-22-13/h1-2,7-9,11,17H,3-6H2,(H,18,20). The minimum atomic E-state index is -0.124. The van der Waals surface area contributed by atoms with Crippen LogP contribution in [0.15, 0.2) is 39.5 Å². The molecule has 0 bridgehead atoms. The molecule has 1 aliphatic heterocycles. The van der Waals surface area contributed by atoms with E-state index in [0.717, 1.165) is 17.3 Å². The van der Waals surface area contributed by atoms with Crippen molar-refractivity contribution in [3.63, 3.8) is 0 Å². The Balaban J connectivity index is 1.51. The van der Waals surface area contributed by atoms with E-state index < -0.39 is 0 Å². The molecule has 3 rings (SSSR count).